The molecule has 0 saturated carbocycles. The lowest BCUT2D eigenvalue weighted by Gasteiger charge is -2.33. The molecule has 51 heavy (non-hydrogen) atoms. The molecule has 2 unspecified atom stereocenters. The highest BCUT2D eigenvalue weighted by Gasteiger charge is 2.38. The highest BCUT2D eigenvalue weighted by Crippen LogP contribution is 2.33. The van der Waals surface area contributed by atoms with Crippen LogP contribution >= 0.6 is 0 Å². The quantitative estimate of drug-likeness (QED) is 0.0352. The van der Waals surface area contributed by atoms with E-state index in [-0.39, 0.29) is 24.1 Å². The van der Waals surface area contributed by atoms with Crippen LogP contribution in [0, 0.1) is 5.41 Å². The Hall–Kier alpha value is -5.70. The first-order valence-corrected chi connectivity index (χ1v) is 15.5. The Morgan fingerprint density at radius 2 is 1.29 bits per heavy atom. The van der Waals surface area contributed by atoms with Gasteiger partial charge in [0.2, 0.25) is 29.5 Å². The van der Waals surface area contributed by atoms with Gasteiger partial charge in [-0.05, 0) is 48.9 Å². The Morgan fingerprint density at radius 3 is 1.75 bits per heavy atom. The van der Waals surface area contributed by atoms with E-state index in [2.05, 4.69) is 26.3 Å². The van der Waals surface area contributed by atoms with Crippen LogP contribution in [0.5, 0.6) is 11.5 Å². The third-order valence-electron chi connectivity index (χ3n) is 7.25. The van der Waals surface area contributed by atoms with Crippen LogP contribution in [-0.4, -0.2) is 104 Å². The lowest BCUT2D eigenvalue weighted by Crippen LogP contribution is -2.61. The van der Waals surface area contributed by atoms with Gasteiger partial charge in [-0.1, -0.05) is 20.8 Å². The number of aromatic hydroxyl groups is 2. The summed E-state index contributed by atoms with van der Waals surface area (Å²) < 4.78 is 0. The lowest BCUT2D eigenvalue weighted by molar-refractivity contribution is -0.147. The molecular formula is C30H47N9O12. The Balaban J connectivity index is 3.42. The van der Waals surface area contributed by atoms with E-state index in [0.29, 0.717) is 12.8 Å². The summed E-state index contributed by atoms with van der Waals surface area (Å²) in [7, 11) is 0. The van der Waals surface area contributed by atoms with E-state index in [1.54, 1.807) is 20.8 Å². The second-order valence-electron chi connectivity index (χ2n) is 12.5. The van der Waals surface area contributed by atoms with Crippen LogP contribution in [0.2, 0.25) is 0 Å². The van der Waals surface area contributed by atoms with Gasteiger partial charge in [0.05, 0.1) is 25.0 Å². The van der Waals surface area contributed by atoms with Gasteiger partial charge in [-0.25, -0.2) is 9.79 Å². The van der Waals surface area contributed by atoms with E-state index >= 15 is 0 Å². The van der Waals surface area contributed by atoms with Crippen molar-refractivity contribution in [3.8, 4) is 11.5 Å². The number of rotatable bonds is 20. The molecular weight excluding hydrogens is 678 g/mol. The third-order valence-corrected chi connectivity index (χ3v) is 7.25. The van der Waals surface area contributed by atoms with Crippen molar-refractivity contribution in [1.82, 2.24) is 21.3 Å². The number of guanidine groups is 1. The number of primary amides is 1. The van der Waals surface area contributed by atoms with Crippen molar-refractivity contribution >= 4 is 47.4 Å². The second kappa shape index (κ2) is 19.5. The Labute approximate surface area is 292 Å². The van der Waals surface area contributed by atoms with E-state index in [1.165, 1.54) is 0 Å². The molecule has 21 nitrogen and oxygen atoms in total. The number of aliphatic hydroxyl groups excluding tert-OH is 1. The van der Waals surface area contributed by atoms with Crippen LogP contribution in [0.1, 0.15) is 70.0 Å². The topological polar surface area (TPSA) is 385 Å². The van der Waals surface area contributed by atoms with Gasteiger partial charge in [-0.2, -0.15) is 0 Å². The number of aliphatic imine (C=N–C) groups is 1. The molecule has 0 fully saturated rings. The van der Waals surface area contributed by atoms with Gasteiger partial charge in [-0.3, -0.25) is 28.8 Å². The van der Waals surface area contributed by atoms with E-state index in [4.69, 9.17) is 28.0 Å². The van der Waals surface area contributed by atoms with Crippen molar-refractivity contribution in [3.05, 3.63) is 23.3 Å². The number of aliphatic hydroxyl groups is 1. The molecule has 0 bridgehead atoms. The van der Waals surface area contributed by atoms with Crippen molar-refractivity contribution in [2.75, 3.05) is 6.54 Å². The molecule has 1 aromatic carbocycles. The molecule has 0 saturated heterocycles. The van der Waals surface area contributed by atoms with Gasteiger partial charge in [-0.15, -0.1) is 0 Å². The number of amides is 5. The number of carbonyl (C=O) groups is 7. The van der Waals surface area contributed by atoms with Crippen LogP contribution in [0.15, 0.2) is 17.1 Å². The zero-order chi connectivity index (χ0) is 39.2. The minimum atomic E-state index is -1.82. The fraction of sp³-hybridized carbons (Fsp3) is 0.533. The fourth-order valence-corrected chi connectivity index (χ4v) is 4.66. The summed E-state index contributed by atoms with van der Waals surface area (Å²) in [5, 5.41) is 57.4. The smallest absolute Gasteiger partial charge is 0.326 e. The first-order valence-electron chi connectivity index (χ1n) is 15.5. The van der Waals surface area contributed by atoms with Gasteiger partial charge in [0.15, 0.2) is 12.0 Å². The van der Waals surface area contributed by atoms with Gasteiger partial charge in [0, 0.05) is 0 Å². The first kappa shape index (κ1) is 43.3. The third kappa shape index (κ3) is 14.0. The number of carboxylic acid groups (broad SMARTS) is 2. The maximum Gasteiger partial charge on any atom is 0.326 e. The molecule has 1 rings (SSSR count). The number of hydrogen-bond acceptors (Lipinski definition) is 12. The summed E-state index contributed by atoms with van der Waals surface area (Å²) in [6.45, 7) is 4.10. The van der Waals surface area contributed by atoms with Crippen LogP contribution in [-0.2, 0) is 40.2 Å². The first-order chi connectivity index (χ1) is 23.6. The number of phenols is 2. The predicted octanol–water partition coefficient (Wildman–Crippen LogP) is -3.55. The van der Waals surface area contributed by atoms with Gasteiger partial charge in [0.1, 0.15) is 35.7 Å². The minimum Gasteiger partial charge on any atom is -0.507 e. The van der Waals surface area contributed by atoms with E-state index in [0.717, 1.165) is 12.1 Å². The highest BCUT2D eigenvalue weighted by molar-refractivity contribution is 5.98. The molecule has 0 aliphatic rings. The van der Waals surface area contributed by atoms with Crippen molar-refractivity contribution in [2.24, 2.45) is 33.3 Å². The predicted molar refractivity (Wildman–Crippen MR) is 178 cm³/mol. The second-order valence-corrected chi connectivity index (χ2v) is 12.5. The van der Waals surface area contributed by atoms with Crippen LogP contribution in [0.25, 0.3) is 0 Å². The summed E-state index contributed by atoms with van der Waals surface area (Å²) >= 11 is 0. The molecule has 284 valence electrons. The minimum absolute atomic E-state index is 0.0457. The van der Waals surface area contributed by atoms with Crippen LogP contribution in [0.3, 0.4) is 0 Å². The number of nitrogens with two attached hydrogens (primary N) is 4. The molecule has 0 aliphatic heterocycles. The molecule has 17 N–H and O–H groups in total. The number of benzene rings is 1. The maximum absolute atomic E-state index is 13.6. The number of carbonyl (C=O) groups excluding carboxylic acids is 5. The number of nitrogens with zero attached hydrogens (tertiary/aromatic N) is 1. The van der Waals surface area contributed by atoms with Gasteiger partial charge < -0.3 is 69.7 Å². The normalized spacial score (nSPS) is 14.1. The highest BCUT2D eigenvalue weighted by atomic mass is 16.4. The van der Waals surface area contributed by atoms with E-state index < -0.39 is 114 Å². The fourth-order valence-electron chi connectivity index (χ4n) is 4.66. The lowest BCUT2D eigenvalue weighted by atomic mass is 9.85. The molecule has 0 radical (unpaired) electrons. The molecule has 5 atom stereocenters. The molecule has 5 amide bonds. The number of hydrogen-bond donors (Lipinski definition) is 13. The maximum atomic E-state index is 13.6. The number of unbranched alkanes of at least 4 members (excludes halogenated alkanes) is 1. The largest absolute Gasteiger partial charge is 0.507 e. The molecule has 0 aliphatic carbocycles. The molecule has 0 aromatic heterocycles. The van der Waals surface area contributed by atoms with Crippen molar-refractivity contribution in [3.63, 3.8) is 0 Å². The monoisotopic (exact) mass is 725 g/mol. The van der Waals surface area contributed by atoms with Crippen molar-refractivity contribution in [1.29, 1.82) is 0 Å². The average molecular weight is 726 g/mol. The SMILES string of the molecule is CC(C)(C)[C@@H](NC(=O)[C@H](CC(N)=O)NC(=O)C(N=C(N)N)c1cc(O)c(CO)c(O)c1)C(=O)N[C@@H](CCCCN)C(=O)NC(CC(=O)O)C(=O)O. The average Bonchev–Trinajstić information content (AvgIpc) is 2.99. The summed E-state index contributed by atoms with van der Waals surface area (Å²) in [5.41, 5.74) is 20.3. The Bertz CT molecular complexity index is 1470. The molecule has 0 spiro atoms. The van der Waals surface area contributed by atoms with Crippen molar-refractivity contribution in [2.45, 2.75) is 89.7 Å². The Morgan fingerprint density at radius 1 is 0.765 bits per heavy atom. The zero-order valence-electron chi connectivity index (χ0n) is 28.3. The number of aliphatic carboxylic acids is 2. The summed E-state index contributed by atoms with van der Waals surface area (Å²) in [6, 6.07) is -6.19. The standard InChI is InChI=1S/C30H47N9O12/c1-30(2,3)23(27(49)35-15(6-4-5-7-31)24(46)37-17(28(50)51)11-21(44)45)39-25(47)16(10-20(32)43)36-26(48)22(38-29(33)34)13-8-18(41)14(12-40)19(42)9-13/h8-9,15-17,22-23,40-42H,4-7,10-12,31H2,1-3H3,(H2,32,43)(H,35,49)(H,36,48)(H,37,46)(H,39,47)(H,44,45)(H,50,51)(H4,33,34,38)/t15-,16-,17?,22?,23-/m0/s1. The summed E-state index contributed by atoms with van der Waals surface area (Å²) in [6.07, 6.45) is -1.08. The van der Waals surface area contributed by atoms with Crippen LogP contribution in [0.4, 0.5) is 0 Å². The van der Waals surface area contributed by atoms with Gasteiger partial charge in [0.25, 0.3) is 0 Å². The van der Waals surface area contributed by atoms with E-state index in [1.807, 2.05) is 0 Å². The summed E-state index contributed by atoms with van der Waals surface area (Å²) in [5.74, 6) is -10.2. The van der Waals surface area contributed by atoms with Crippen molar-refractivity contribution < 1.29 is 59.1 Å². The number of nitrogens with one attached hydrogen (secondary N) is 4. The summed E-state index contributed by atoms with van der Waals surface area (Å²) in [4.78, 5) is 92.1. The Kier molecular flexibility index (Phi) is 16.5. The molecule has 1 aromatic rings. The zero-order valence-corrected chi connectivity index (χ0v) is 28.3. The molecule has 0 heterocycles. The van der Waals surface area contributed by atoms with E-state index in [9.17, 15) is 54.0 Å². The molecule has 21 heteroatoms. The van der Waals surface area contributed by atoms with Gasteiger partial charge >= 0.3 is 11.9 Å². The number of carboxylic acids is 2. The van der Waals surface area contributed by atoms with Crippen LogP contribution < -0.4 is 44.2 Å².